The molecule has 88 valence electrons. The van der Waals surface area contributed by atoms with E-state index < -0.39 is 0 Å². The van der Waals surface area contributed by atoms with Crippen molar-refractivity contribution >= 4 is 21.8 Å². The Morgan fingerprint density at radius 2 is 2.44 bits per heavy atom. The molecular formula is C11H16BrN3O. The molecule has 0 aliphatic heterocycles. The molecule has 1 aromatic rings. The van der Waals surface area contributed by atoms with Gasteiger partial charge >= 0.3 is 0 Å². The molecule has 1 aromatic heterocycles. The molecule has 1 heterocycles. The number of halogens is 1. The Morgan fingerprint density at radius 1 is 1.62 bits per heavy atom. The molecule has 0 saturated heterocycles. The van der Waals surface area contributed by atoms with E-state index >= 15 is 0 Å². The Morgan fingerprint density at radius 3 is 2.94 bits per heavy atom. The van der Waals surface area contributed by atoms with Gasteiger partial charge in [0.15, 0.2) is 0 Å². The van der Waals surface area contributed by atoms with Crippen molar-refractivity contribution in [1.29, 1.82) is 0 Å². The van der Waals surface area contributed by atoms with Gasteiger partial charge in [-0.2, -0.15) is 5.10 Å². The summed E-state index contributed by atoms with van der Waals surface area (Å²) in [5.74, 6) is 0.111. The Labute approximate surface area is 104 Å². The number of amides is 1. The van der Waals surface area contributed by atoms with Gasteiger partial charge in [0.2, 0.25) is 0 Å². The number of nitrogens with zero attached hydrogens (tertiary/aromatic N) is 2. The van der Waals surface area contributed by atoms with Gasteiger partial charge in [-0.25, -0.2) is 0 Å². The van der Waals surface area contributed by atoms with E-state index in [1.54, 1.807) is 12.4 Å². The fourth-order valence-corrected chi connectivity index (χ4v) is 2.16. The third-order valence-electron chi connectivity index (χ3n) is 3.05. The van der Waals surface area contributed by atoms with Crippen LogP contribution in [0.3, 0.4) is 0 Å². The molecule has 1 aliphatic carbocycles. The van der Waals surface area contributed by atoms with Crippen LogP contribution < -0.4 is 0 Å². The number of hydrogen-bond acceptors (Lipinski definition) is 2. The quantitative estimate of drug-likeness (QED) is 0.843. The number of aromatic nitrogens is 2. The first-order valence-electron chi connectivity index (χ1n) is 5.68. The van der Waals surface area contributed by atoms with Gasteiger partial charge in [-0.05, 0) is 25.7 Å². The van der Waals surface area contributed by atoms with Gasteiger partial charge in [0.1, 0.15) is 0 Å². The second-order valence-electron chi connectivity index (χ2n) is 4.11. The fourth-order valence-electron chi connectivity index (χ4n) is 1.91. The lowest BCUT2D eigenvalue weighted by Crippen LogP contribution is -2.44. The van der Waals surface area contributed by atoms with E-state index in [1.165, 1.54) is 6.42 Å². The lowest BCUT2D eigenvalue weighted by Gasteiger charge is -2.37. The third kappa shape index (κ3) is 2.45. The second kappa shape index (κ2) is 5.48. The zero-order valence-corrected chi connectivity index (χ0v) is 10.7. The number of H-pyrrole nitrogens is 1. The minimum atomic E-state index is 0.111. The van der Waals surface area contributed by atoms with E-state index in [1.807, 2.05) is 4.90 Å². The fraction of sp³-hybridized carbons (Fsp3) is 0.636. The molecular weight excluding hydrogens is 270 g/mol. The summed E-state index contributed by atoms with van der Waals surface area (Å²) < 4.78 is 0. The van der Waals surface area contributed by atoms with Crippen LogP contribution in [-0.4, -0.2) is 38.9 Å². The molecule has 1 amide bonds. The van der Waals surface area contributed by atoms with E-state index in [0.717, 1.165) is 31.1 Å². The molecule has 1 N–H and O–H groups in total. The maximum absolute atomic E-state index is 12.2. The molecule has 5 heteroatoms. The lowest BCUT2D eigenvalue weighted by molar-refractivity contribution is 0.0581. The van der Waals surface area contributed by atoms with Crippen molar-refractivity contribution in [1.82, 2.24) is 15.1 Å². The first kappa shape index (κ1) is 11.6. The standard InChI is InChI=1S/C11H16BrN3O/c12-5-2-6-15(10-3-1-4-10)11(16)9-7-13-14-8-9/h7-8,10H,1-6H2,(H,13,14). The van der Waals surface area contributed by atoms with Crippen LogP contribution >= 0.6 is 15.9 Å². The SMILES string of the molecule is O=C(c1cn[nH]c1)N(CCCBr)C1CCC1. The van der Waals surface area contributed by atoms with Crippen molar-refractivity contribution in [2.75, 3.05) is 11.9 Å². The predicted molar refractivity (Wildman–Crippen MR) is 65.7 cm³/mol. The highest BCUT2D eigenvalue weighted by Crippen LogP contribution is 2.26. The topological polar surface area (TPSA) is 49.0 Å². The van der Waals surface area contributed by atoms with Crippen LogP contribution in [0.5, 0.6) is 0 Å². The third-order valence-corrected chi connectivity index (χ3v) is 3.61. The van der Waals surface area contributed by atoms with E-state index in [-0.39, 0.29) is 5.91 Å². The summed E-state index contributed by atoms with van der Waals surface area (Å²) in [6.07, 6.45) is 7.80. The van der Waals surface area contributed by atoms with E-state index in [9.17, 15) is 4.79 Å². The van der Waals surface area contributed by atoms with Crippen molar-refractivity contribution in [2.45, 2.75) is 31.7 Å². The minimum Gasteiger partial charge on any atom is -0.336 e. The summed E-state index contributed by atoms with van der Waals surface area (Å²) in [7, 11) is 0. The van der Waals surface area contributed by atoms with Gasteiger partial charge in [-0.1, -0.05) is 15.9 Å². The molecule has 4 nitrogen and oxygen atoms in total. The average Bonchev–Trinajstić information content (AvgIpc) is 2.73. The molecule has 1 saturated carbocycles. The van der Waals surface area contributed by atoms with Crippen molar-refractivity contribution in [2.24, 2.45) is 0 Å². The Hall–Kier alpha value is -0.840. The summed E-state index contributed by atoms with van der Waals surface area (Å²) in [6.45, 7) is 0.833. The number of rotatable bonds is 5. The highest BCUT2D eigenvalue weighted by atomic mass is 79.9. The maximum Gasteiger partial charge on any atom is 0.257 e. The molecule has 1 aliphatic rings. The predicted octanol–water partition coefficient (Wildman–Crippen LogP) is 2.19. The lowest BCUT2D eigenvalue weighted by atomic mass is 9.91. The van der Waals surface area contributed by atoms with Crippen molar-refractivity contribution in [3.05, 3.63) is 18.0 Å². The van der Waals surface area contributed by atoms with Gasteiger partial charge in [0.05, 0.1) is 11.8 Å². The molecule has 0 radical (unpaired) electrons. The van der Waals surface area contributed by atoms with Gasteiger partial charge in [0, 0.05) is 24.1 Å². The maximum atomic E-state index is 12.2. The van der Waals surface area contributed by atoms with Crippen LogP contribution in [-0.2, 0) is 0 Å². The highest BCUT2D eigenvalue weighted by molar-refractivity contribution is 9.09. The van der Waals surface area contributed by atoms with Crippen molar-refractivity contribution in [3.8, 4) is 0 Å². The number of alkyl halides is 1. The van der Waals surface area contributed by atoms with Crippen LogP contribution in [0.25, 0.3) is 0 Å². The zero-order chi connectivity index (χ0) is 11.4. The summed E-state index contributed by atoms with van der Waals surface area (Å²) >= 11 is 3.41. The zero-order valence-electron chi connectivity index (χ0n) is 9.16. The van der Waals surface area contributed by atoms with Crippen molar-refractivity contribution in [3.63, 3.8) is 0 Å². The van der Waals surface area contributed by atoms with E-state index in [4.69, 9.17) is 0 Å². The molecule has 0 atom stereocenters. The van der Waals surface area contributed by atoms with Gasteiger partial charge in [-0.15, -0.1) is 0 Å². The summed E-state index contributed by atoms with van der Waals surface area (Å²) in [5, 5.41) is 7.46. The normalized spacial score (nSPS) is 15.8. The summed E-state index contributed by atoms with van der Waals surface area (Å²) in [5.41, 5.74) is 0.668. The van der Waals surface area contributed by atoms with Crippen LogP contribution in [0.1, 0.15) is 36.0 Å². The summed E-state index contributed by atoms with van der Waals surface area (Å²) in [6, 6.07) is 0.446. The number of aromatic amines is 1. The highest BCUT2D eigenvalue weighted by Gasteiger charge is 2.29. The van der Waals surface area contributed by atoms with Gasteiger partial charge < -0.3 is 4.90 Å². The molecule has 16 heavy (non-hydrogen) atoms. The van der Waals surface area contributed by atoms with Gasteiger partial charge in [0.25, 0.3) is 5.91 Å². The number of nitrogens with one attached hydrogen (secondary N) is 1. The number of hydrogen-bond donors (Lipinski definition) is 1. The first-order chi connectivity index (χ1) is 7.83. The monoisotopic (exact) mass is 285 g/mol. The molecule has 2 rings (SSSR count). The second-order valence-corrected chi connectivity index (χ2v) is 4.91. The molecule has 0 aromatic carbocycles. The van der Waals surface area contributed by atoms with Crippen molar-refractivity contribution < 1.29 is 4.79 Å². The molecule has 1 fully saturated rings. The van der Waals surface area contributed by atoms with E-state index in [0.29, 0.717) is 11.6 Å². The molecule has 0 spiro atoms. The minimum absolute atomic E-state index is 0.111. The molecule has 0 bridgehead atoms. The number of carbonyl (C=O) groups is 1. The van der Waals surface area contributed by atoms with Crippen LogP contribution in [0.4, 0.5) is 0 Å². The van der Waals surface area contributed by atoms with Crippen LogP contribution in [0.15, 0.2) is 12.4 Å². The Kier molecular flexibility index (Phi) is 3.98. The van der Waals surface area contributed by atoms with Gasteiger partial charge in [-0.3, -0.25) is 9.89 Å². The van der Waals surface area contributed by atoms with E-state index in [2.05, 4.69) is 26.1 Å². The van der Waals surface area contributed by atoms with Crippen LogP contribution in [0, 0.1) is 0 Å². The number of carbonyl (C=O) groups excluding carboxylic acids is 1. The summed E-state index contributed by atoms with van der Waals surface area (Å²) in [4.78, 5) is 14.2. The smallest absolute Gasteiger partial charge is 0.257 e. The first-order valence-corrected chi connectivity index (χ1v) is 6.81. The average molecular weight is 286 g/mol. The Balaban J connectivity index is 2.02. The largest absolute Gasteiger partial charge is 0.336 e. The molecule has 0 unspecified atom stereocenters. The Bertz CT molecular complexity index is 335. The van der Waals surface area contributed by atoms with Crippen LogP contribution in [0.2, 0.25) is 0 Å².